The summed E-state index contributed by atoms with van der Waals surface area (Å²) < 4.78 is 5.24. The zero-order chi connectivity index (χ0) is 8.97. The van der Waals surface area contributed by atoms with E-state index in [1.807, 2.05) is 38.1 Å². The van der Waals surface area contributed by atoms with Crippen LogP contribution in [0.2, 0.25) is 0 Å². The van der Waals surface area contributed by atoms with Gasteiger partial charge in [0.25, 0.3) is 0 Å². The van der Waals surface area contributed by atoms with Gasteiger partial charge in [0.05, 0.1) is 6.61 Å². The Hall–Kier alpha value is -0.890. The predicted octanol–water partition coefficient (Wildman–Crippen LogP) is 2.71. The molecular formula is C10H12OS. The molecule has 1 aromatic carbocycles. The van der Waals surface area contributed by atoms with Crippen molar-refractivity contribution in [2.45, 2.75) is 13.8 Å². The summed E-state index contributed by atoms with van der Waals surface area (Å²) in [7, 11) is 0. The molecule has 1 aromatic rings. The molecule has 12 heavy (non-hydrogen) atoms. The first-order valence-corrected chi connectivity index (χ1v) is 4.39. The van der Waals surface area contributed by atoms with Crippen molar-refractivity contribution in [3.05, 3.63) is 35.4 Å². The molecule has 0 aliphatic rings. The van der Waals surface area contributed by atoms with Gasteiger partial charge >= 0.3 is 0 Å². The van der Waals surface area contributed by atoms with E-state index in [0.29, 0.717) is 11.7 Å². The predicted molar refractivity (Wildman–Crippen MR) is 54.5 cm³/mol. The zero-order valence-electron chi connectivity index (χ0n) is 7.33. The van der Waals surface area contributed by atoms with Crippen molar-refractivity contribution < 1.29 is 4.74 Å². The number of benzene rings is 1. The minimum absolute atomic E-state index is 0.593. The Bertz CT molecular complexity index is 281. The first-order chi connectivity index (χ1) is 5.75. The van der Waals surface area contributed by atoms with Crippen LogP contribution in [0.5, 0.6) is 0 Å². The molecule has 0 amide bonds. The van der Waals surface area contributed by atoms with Crippen LogP contribution in [0.3, 0.4) is 0 Å². The fourth-order valence-corrected chi connectivity index (χ4v) is 1.36. The van der Waals surface area contributed by atoms with Crippen LogP contribution in [-0.4, -0.2) is 11.7 Å². The number of ether oxygens (including phenoxy) is 1. The number of rotatable bonds is 2. The largest absolute Gasteiger partial charge is 0.483 e. The molecule has 0 aromatic heterocycles. The summed E-state index contributed by atoms with van der Waals surface area (Å²) in [5, 5.41) is 0.593. The molecular weight excluding hydrogens is 168 g/mol. The number of hydrogen-bond donors (Lipinski definition) is 0. The minimum Gasteiger partial charge on any atom is -0.483 e. The van der Waals surface area contributed by atoms with Crippen molar-refractivity contribution in [2.75, 3.05) is 6.61 Å². The highest BCUT2D eigenvalue weighted by Crippen LogP contribution is 2.09. The number of thiocarbonyl (C=S) groups is 1. The van der Waals surface area contributed by atoms with E-state index in [-0.39, 0.29) is 0 Å². The van der Waals surface area contributed by atoms with Crippen molar-refractivity contribution >= 4 is 17.3 Å². The van der Waals surface area contributed by atoms with Gasteiger partial charge in [-0.2, -0.15) is 0 Å². The Morgan fingerprint density at radius 2 is 2.08 bits per heavy atom. The summed E-state index contributed by atoms with van der Waals surface area (Å²) in [6, 6.07) is 7.97. The molecule has 2 heteroatoms. The molecule has 0 saturated heterocycles. The van der Waals surface area contributed by atoms with Gasteiger partial charge in [0.15, 0.2) is 5.05 Å². The molecule has 0 bridgehead atoms. The normalized spacial score (nSPS) is 9.50. The van der Waals surface area contributed by atoms with E-state index in [1.54, 1.807) is 0 Å². The molecule has 0 aliphatic heterocycles. The molecule has 0 fully saturated rings. The van der Waals surface area contributed by atoms with Crippen LogP contribution in [0.1, 0.15) is 18.1 Å². The van der Waals surface area contributed by atoms with Crippen LogP contribution in [0.25, 0.3) is 0 Å². The van der Waals surface area contributed by atoms with Gasteiger partial charge in [-0.15, -0.1) is 0 Å². The quantitative estimate of drug-likeness (QED) is 0.647. The Morgan fingerprint density at radius 3 is 2.67 bits per heavy atom. The average Bonchev–Trinajstić information content (AvgIpc) is 2.05. The molecule has 0 heterocycles. The van der Waals surface area contributed by atoms with Crippen molar-refractivity contribution in [1.82, 2.24) is 0 Å². The van der Waals surface area contributed by atoms with Crippen molar-refractivity contribution in [2.24, 2.45) is 0 Å². The van der Waals surface area contributed by atoms with E-state index in [2.05, 4.69) is 0 Å². The van der Waals surface area contributed by atoms with Gasteiger partial charge in [-0.25, -0.2) is 0 Å². The van der Waals surface area contributed by atoms with Gasteiger partial charge in [-0.3, -0.25) is 0 Å². The van der Waals surface area contributed by atoms with E-state index in [4.69, 9.17) is 17.0 Å². The second-order valence-corrected chi connectivity index (χ2v) is 2.91. The summed E-state index contributed by atoms with van der Waals surface area (Å²) in [6.07, 6.45) is 0. The van der Waals surface area contributed by atoms with Crippen LogP contribution >= 0.6 is 12.2 Å². The summed E-state index contributed by atoms with van der Waals surface area (Å²) >= 11 is 5.08. The maximum atomic E-state index is 5.24. The van der Waals surface area contributed by atoms with E-state index >= 15 is 0 Å². The smallest absolute Gasteiger partial charge is 0.191 e. The lowest BCUT2D eigenvalue weighted by molar-refractivity contribution is 0.337. The molecule has 1 nitrogen and oxygen atoms in total. The van der Waals surface area contributed by atoms with E-state index < -0.39 is 0 Å². The third-order valence-electron chi connectivity index (χ3n) is 1.64. The fourth-order valence-electron chi connectivity index (χ4n) is 1.01. The van der Waals surface area contributed by atoms with Crippen LogP contribution < -0.4 is 0 Å². The van der Waals surface area contributed by atoms with E-state index in [1.165, 1.54) is 0 Å². The molecule has 0 N–H and O–H groups in total. The van der Waals surface area contributed by atoms with Crippen LogP contribution in [-0.2, 0) is 4.74 Å². The highest BCUT2D eigenvalue weighted by molar-refractivity contribution is 7.80. The Labute approximate surface area is 78.4 Å². The SMILES string of the molecule is CCOC(=S)c1ccccc1C. The topological polar surface area (TPSA) is 9.23 Å². The first-order valence-electron chi connectivity index (χ1n) is 3.98. The molecule has 0 atom stereocenters. The third kappa shape index (κ3) is 2.05. The van der Waals surface area contributed by atoms with E-state index in [9.17, 15) is 0 Å². The van der Waals surface area contributed by atoms with Crippen molar-refractivity contribution in [1.29, 1.82) is 0 Å². The monoisotopic (exact) mass is 180 g/mol. The second kappa shape index (κ2) is 4.21. The second-order valence-electron chi connectivity index (χ2n) is 2.54. The molecule has 0 spiro atoms. The number of aryl methyl sites for hydroxylation is 1. The summed E-state index contributed by atoms with van der Waals surface area (Å²) in [5.74, 6) is 0. The molecule has 0 saturated carbocycles. The van der Waals surface area contributed by atoms with Crippen LogP contribution in [0, 0.1) is 6.92 Å². The van der Waals surface area contributed by atoms with Crippen molar-refractivity contribution in [3.8, 4) is 0 Å². The molecule has 1 rings (SSSR count). The van der Waals surface area contributed by atoms with Crippen molar-refractivity contribution in [3.63, 3.8) is 0 Å². The number of hydrogen-bond acceptors (Lipinski definition) is 2. The van der Waals surface area contributed by atoms with E-state index in [0.717, 1.165) is 11.1 Å². The van der Waals surface area contributed by atoms with Gasteiger partial charge in [-0.05, 0) is 31.6 Å². The Morgan fingerprint density at radius 1 is 1.42 bits per heavy atom. The maximum Gasteiger partial charge on any atom is 0.191 e. The highest BCUT2D eigenvalue weighted by Gasteiger charge is 2.02. The lowest BCUT2D eigenvalue weighted by atomic mass is 10.1. The Kier molecular flexibility index (Phi) is 3.23. The van der Waals surface area contributed by atoms with Gasteiger partial charge in [0.1, 0.15) is 0 Å². The average molecular weight is 180 g/mol. The molecule has 0 aliphatic carbocycles. The lowest BCUT2D eigenvalue weighted by Gasteiger charge is -2.06. The standard InChI is InChI=1S/C10H12OS/c1-3-11-10(12)9-7-5-4-6-8(9)2/h4-7H,3H2,1-2H3. The summed E-state index contributed by atoms with van der Waals surface area (Å²) in [4.78, 5) is 0. The molecule has 64 valence electrons. The summed E-state index contributed by atoms with van der Waals surface area (Å²) in [6.45, 7) is 4.60. The van der Waals surface area contributed by atoms with Crippen LogP contribution in [0.15, 0.2) is 24.3 Å². The Balaban J connectivity index is 2.87. The fraction of sp³-hybridized carbons (Fsp3) is 0.300. The third-order valence-corrected chi connectivity index (χ3v) is 1.98. The first kappa shape index (κ1) is 9.20. The lowest BCUT2D eigenvalue weighted by Crippen LogP contribution is -2.04. The minimum atomic E-state index is 0.593. The van der Waals surface area contributed by atoms with Crippen LogP contribution in [0.4, 0.5) is 0 Å². The van der Waals surface area contributed by atoms with Gasteiger partial charge < -0.3 is 4.74 Å². The van der Waals surface area contributed by atoms with Gasteiger partial charge in [0.2, 0.25) is 0 Å². The highest BCUT2D eigenvalue weighted by atomic mass is 32.1. The molecule has 0 radical (unpaired) electrons. The molecule has 0 unspecified atom stereocenters. The maximum absolute atomic E-state index is 5.24. The van der Waals surface area contributed by atoms with Gasteiger partial charge in [-0.1, -0.05) is 24.3 Å². The summed E-state index contributed by atoms with van der Waals surface area (Å²) in [5.41, 5.74) is 2.19. The van der Waals surface area contributed by atoms with Gasteiger partial charge in [0, 0.05) is 5.56 Å². The zero-order valence-corrected chi connectivity index (χ0v) is 8.15.